The molecule has 6 nitrogen and oxygen atoms in total. The van der Waals surface area contributed by atoms with E-state index in [0.29, 0.717) is 26.1 Å². The van der Waals surface area contributed by atoms with Crippen molar-refractivity contribution >= 4 is 36.6 Å². The summed E-state index contributed by atoms with van der Waals surface area (Å²) in [4.78, 5) is 27.6. The number of rotatable bonds is 7. The molecule has 2 atom stereocenters. The Kier molecular flexibility index (Phi) is 12.0. The van der Waals surface area contributed by atoms with Crippen LogP contribution in [0.5, 0.6) is 0 Å². The van der Waals surface area contributed by atoms with E-state index in [1.165, 1.54) is 0 Å². The van der Waals surface area contributed by atoms with Gasteiger partial charge in [-0.2, -0.15) is 0 Å². The maximum atomic E-state index is 12.0. The van der Waals surface area contributed by atoms with Crippen LogP contribution in [0.1, 0.15) is 13.3 Å². The summed E-state index contributed by atoms with van der Waals surface area (Å²) in [5.74, 6) is -0.120. The lowest BCUT2D eigenvalue weighted by molar-refractivity contribution is -0.129. The molecule has 1 aliphatic rings. The summed E-state index contributed by atoms with van der Waals surface area (Å²) in [6.07, 6.45) is 0.340. The quantitative estimate of drug-likeness (QED) is 0.681. The van der Waals surface area contributed by atoms with Crippen molar-refractivity contribution in [1.29, 1.82) is 0 Å². The average molecular weight is 343 g/mol. The molecule has 0 radical (unpaired) electrons. The molecule has 2 N–H and O–H groups in total. The smallest absolute Gasteiger partial charge is 0.225 e. The van der Waals surface area contributed by atoms with Crippen LogP contribution in [0.2, 0.25) is 0 Å². The third kappa shape index (κ3) is 7.85. The molecule has 0 aromatic rings. The lowest BCUT2D eigenvalue weighted by atomic mass is 10.1. The number of halogens is 2. The van der Waals surface area contributed by atoms with E-state index < -0.39 is 0 Å². The Morgan fingerprint density at radius 2 is 2.05 bits per heavy atom. The summed E-state index contributed by atoms with van der Waals surface area (Å²) in [6.45, 7) is 4.67. The fourth-order valence-corrected chi connectivity index (χ4v) is 1.98. The van der Waals surface area contributed by atoms with E-state index in [9.17, 15) is 9.59 Å². The van der Waals surface area contributed by atoms with Crippen LogP contribution in [-0.2, 0) is 9.59 Å². The van der Waals surface area contributed by atoms with Gasteiger partial charge >= 0.3 is 0 Å². The molecule has 1 rings (SSSR count). The highest BCUT2D eigenvalue weighted by atomic mass is 35.5. The molecule has 2 unspecified atom stereocenters. The fraction of sp³-hybridized carbons (Fsp3) is 0.846. The Labute approximate surface area is 139 Å². The second-order valence-electron chi connectivity index (χ2n) is 5.48. The summed E-state index contributed by atoms with van der Waals surface area (Å²) in [5, 5.41) is 5.95. The van der Waals surface area contributed by atoms with Gasteiger partial charge in [-0.25, -0.2) is 0 Å². The van der Waals surface area contributed by atoms with Gasteiger partial charge in [-0.15, -0.1) is 24.8 Å². The first-order chi connectivity index (χ1) is 8.93. The van der Waals surface area contributed by atoms with E-state index in [4.69, 9.17) is 0 Å². The highest BCUT2D eigenvalue weighted by Crippen LogP contribution is 2.17. The van der Waals surface area contributed by atoms with Crippen LogP contribution in [0.3, 0.4) is 0 Å². The molecule has 0 spiro atoms. The minimum absolute atomic E-state index is 0. The van der Waals surface area contributed by atoms with Crippen molar-refractivity contribution < 1.29 is 9.59 Å². The zero-order valence-corrected chi connectivity index (χ0v) is 14.9. The van der Waals surface area contributed by atoms with Crippen molar-refractivity contribution in [2.45, 2.75) is 19.4 Å². The molecular formula is C13H28Cl2N4O2. The number of nitrogens with one attached hydrogen (secondary N) is 2. The number of likely N-dealkylation sites (tertiary alicyclic amines) is 1. The van der Waals surface area contributed by atoms with E-state index in [1.807, 2.05) is 33.0 Å². The van der Waals surface area contributed by atoms with Crippen molar-refractivity contribution in [3.05, 3.63) is 0 Å². The molecule has 0 aromatic carbocycles. The lowest BCUT2D eigenvalue weighted by Gasteiger charge is -2.19. The van der Waals surface area contributed by atoms with Gasteiger partial charge in [-0.05, 0) is 28.1 Å². The summed E-state index contributed by atoms with van der Waals surface area (Å²) in [6, 6.07) is 0.242. The van der Waals surface area contributed by atoms with E-state index in [0.717, 1.165) is 6.54 Å². The Hall–Kier alpha value is -0.560. The van der Waals surface area contributed by atoms with Gasteiger partial charge in [-0.3, -0.25) is 9.59 Å². The van der Waals surface area contributed by atoms with Gasteiger partial charge in [0, 0.05) is 38.6 Å². The van der Waals surface area contributed by atoms with Gasteiger partial charge in [0.15, 0.2) is 0 Å². The predicted molar refractivity (Wildman–Crippen MR) is 89.3 cm³/mol. The third-order valence-electron chi connectivity index (χ3n) is 3.48. The van der Waals surface area contributed by atoms with Crippen LogP contribution in [0.15, 0.2) is 0 Å². The maximum absolute atomic E-state index is 12.0. The fourth-order valence-electron chi connectivity index (χ4n) is 1.98. The first kappa shape index (κ1) is 22.7. The van der Waals surface area contributed by atoms with Gasteiger partial charge in [0.2, 0.25) is 11.8 Å². The van der Waals surface area contributed by atoms with Crippen molar-refractivity contribution in [3.8, 4) is 0 Å². The largest absolute Gasteiger partial charge is 0.354 e. The number of hydrogen-bond donors (Lipinski definition) is 2. The second kappa shape index (κ2) is 11.1. The van der Waals surface area contributed by atoms with E-state index in [-0.39, 0.29) is 48.6 Å². The molecular weight excluding hydrogens is 315 g/mol. The second-order valence-corrected chi connectivity index (χ2v) is 5.48. The van der Waals surface area contributed by atoms with E-state index in [1.54, 1.807) is 4.90 Å². The van der Waals surface area contributed by atoms with Gasteiger partial charge in [0.05, 0.1) is 5.92 Å². The minimum Gasteiger partial charge on any atom is -0.354 e. The number of carbonyl (C=O) groups excluding carboxylic acids is 2. The SMILES string of the molecule is CNC(C)CNC(=O)C1CC(=O)N(CCN(C)C)C1.Cl.Cl. The summed E-state index contributed by atoms with van der Waals surface area (Å²) >= 11 is 0. The number of amides is 2. The monoisotopic (exact) mass is 342 g/mol. The summed E-state index contributed by atoms with van der Waals surface area (Å²) in [5.41, 5.74) is 0. The summed E-state index contributed by atoms with van der Waals surface area (Å²) in [7, 11) is 5.81. The Morgan fingerprint density at radius 1 is 1.43 bits per heavy atom. The zero-order chi connectivity index (χ0) is 14.4. The van der Waals surface area contributed by atoms with Crippen LogP contribution >= 0.6 is 24.8 Å². The summed E-state index contributed by atoms with van der Waals surface area (Å²) < 4.78 is 0. The molecule has 0 aromatic heterocycles. The molecule has 2 amide bonds. The van der Waals surface area contributed by atoms with Crippen molar-refractivity contribution in [2.24, 2.45) is 5.92 Å². The van der Waals surface area contributed by atoms with Crippen LogP contribution in [0, 0.1) is 5.92 Å². The van der Waals surface area contributed by atoms with Gasteiger partial charge in [0.25, 0.3) is 0 Å². The predicted octanol–water partition coefficient (Wildman–Crippen LogP) is -0.0358. The molecule has 126 valence electrons. The molecule has 0 bridgehead atoms. The molecule has 0 aliphatic carbocycles. The zero-order valence-electron chi connectivity index (χ0n) is 13.2. The highest BCUT2D eigenvalue weighted by molar-refractivity contribution is 5.89. The molecule has 1 saturated heterocycles. The van der Waals surface area contributed by atoms with Crippen molar-refractivity contribution in [1.82, 2.24) is 20.4 Å². The average Bonchev–Trinajstić information content (AvgIpc) is 2.74. The van der Waals surface area contributed by atoms with Crippen LogP contribution in [-0.4, -0.2) is 75.0 Å². The molecule has 1 fully saturated rings. The van der Waals surface area contributed by atoms with Gasteiger partial charge < -0.3 is 20.4 Å². The Balaban J connectivity index is 0. The van der Waals surface area contributed by atoms with Crippen molar-refractivity contribution in [2.75, 3.05) is 47.3 Å². The number of nitrogens with zero attached hydrogens (tertiary/aromatic N) is 2. The van der Waals surface area contributed by atoms with Crippen LogP contribution < -0.4 is 10.6 Å². The molecule has 8 heteroatoms. The van der Waals surface area contributed by atoms with Crippen molar-refractivity contribution in [3.63, 3.8) is 0 Å². The number of hydrogen-bond acceptors (Lipinski definition) is 4. The molecule has 0 saturated carbocycles. The molecule has 1 heterocycles. The normalized spacial score (nSPS) is 19.0. The lowest BCUT2D eigenvalue weighted by Crippen LogP contribution is -2.40. The van der Waals surface area contributed by atoms with Crippen LogP contribution in [0.4, 0.5) is 0 Å². The first-order valence-electron chi connectivity index (χ1n) is 6.81. The number of carbonyl (C=O) groups is 2. The molecule has 21 heavy (non-hydrogen) atoms. The van der Waals surface area contributed by atoms with Gasteiger partial charge in [0.1, 0.15) is 0 Å². The van der Waals surface area contributed by atoms with Gasteiger partial charge in [-0.1, -0.05) is 0 Å². The Morgan fingerprint density at radius 3 is 2.57 bits per heavy atom. The highest BCUT2D eigenvalue weighted by Gasteiger charge is 2.33. The topological polar surface area (TPSA) is 64.7 Å². The van der Waals surface area contributed by atoms with Crippen LogP contribution in [0.25, 0.3) is 0 Å². The Bertz CT molecular complexity index is 329. The number of likely N-dealkylation sites (N-methyl/N-ethyl adjacent to an activating group) is 2. The molecule has 1 aliphatic heterocycles. The first-order valence-corrected chi connectivity index (χ1v) is 6.81. The standard InChI is InChI=1S/C13H26N4O2.2ClH/c1-10(14-2)8-15-13(19)11-7-12(18)17(9-11)6-5-16(3)4;;/h10-11,14H,5-9H2,1-4H3,(H,15,19);2*1H. The third-order valence-corrected chi connectivity index (χ3v) is 3.48. The van der Waals surface area contributed by atoms with E-state index in [2.05, 4.69) is 10.6 Å². The maximum Gasteiger partial charge on any atom is 0.225 e. The van der Waals surface area contributed by atoms with E-state index >= 15 is 0 Å². The minimum atomic E-state index is -0.196.